The summed E-state index contributed by atoms with van der Waals surface area (Å²) in [5.74, 6) is 0.200. The number of benzene rings is 3. The van der Waals surface area contributed by atoms with Crippen LogP contribution < -0.4 is 19.8 Å². The van der Waals surface area contributed by atoms with E-state index in [1.54, 1.807) is 72.8 Å². The molecule has 0 radical (unpaired) electrons. The van der Waals surface area contributed by atoms with Gasteiger partial charge in [-0.15, -0.1) is 0 Å². The lowest BCUT2D eigenvalue weighted by molar-refractivity contribution is -0.123. The van der Waals surface area contributed by atoms with Crippen molar-refractivity contribution in [1.29, 1.82) is 0 Å². The van der Waals surface area contributed by atoms with Gasteiger partial charge in [0.1, 0.15) is 18.1 Å². The third kappa shape index (κ3) is 8.53. The van der Waals surface area contributed by atoms with Crippen LogP contribution >= 0.6 is 15.9 Å². The van der Waals surface area contributed by atoms with Crippen LogP contribution in [0.2, 0.25) is 0 Å². The normalized spacial score (nSPS) is 11.3. The molecular weight excluding hydrogens is 612 g/mol. The Kier molecular flexibility index (Phi) is 9.93. The third-order valence-corrected chi connectivity index (χ3v) is 8.02. The third-order valence-electron chi connectivity index (χ3n) is 5.70. The minimum atomic E-state index is -4.03. The number of carbonyl (C=O) groups excluding carboxylic acids is 2. The number of ether oxygens (including phenoxy) is 1. The first-order valence-corrected chi connectivity index (χ1v) is 14.6. The van der Waals surface area contributed by atoms with Crippen LogP contribution in [0.1, 0.15) is 16.9 Å². The molecule has 2 N–H and O–H groups in total. The molecule has 3 aromatic carbocycles. The van der Waals surface area contributed by atoms with E-state index in [0.29, 0.717) is 22.8 Å². The van der Waals surface area contributed by atoms with Crippen LogP contribution in [0.3, 0.4) is 0 Å². The first-order chi connectivity index (χ1) is 19.7. The maximum atomic E-state index is 13.4. The SMILES string of the molecule is Cc1ccc(S(=O)(=O)N(CC(=O)N/N=C\c2ccc(OCC(=O)NCc3ccco3)cc2)c2ccc(Br)cc2)cc1. The fourth-order valence-electron chi connectivity index (χ4n) is 3.55. The van der Waals surface area contributed by atoms with Gasteiger partial charge in [-0.2, -0.15) is 5.10 Å². The number of furan rings is 1. The molecule has 0 spiro atoms. The van der Waals surface area contributed by atoms with E-state index in [4.69, 9.17) is 9.15 Å². The number of hydrogen-bond acceptors (Lipinski definition) is 7. The zero-order valence-electron chi connectivity index (χ0n) is 22.0. The summed E-state index contributed by atoms with van der Waals surface area (Å²) in [6.45, 7) is 1.49. The molecule has 4 aromatic rings. The van der Waals surface area contributed by atoms with Crippen molar-refractivity contribution in [3.63, 3.8) is 0 Å². The van der Waals surface area contributed by atoms with Crippen molar-refractivity contribution < 1.29 is 27.2 Å². The Hall–Kier alpha value is -4.42. The van der Waals surface area contributed by atoms with Crippen molar-refractivity contribution in [2.24, 2.45) is 5.10 Å². The monoisotopic (exact) mass is 638 g/mol. The second-order valence-electron chi connectivity index (χ2n) is 8.81. The molecule has 1 heterocycles. The smallest absolute Gasteiger partial charge is 0.264 e. The van der Waals surface area contributed by atoms with Gasteiger partial charge in [-0.25, -0.2) is 13.8 Å². The molecule has 0 atom stereocenters. The van der Waals surface area contributed by atoms with Gasteiger partial charge in [0, 0.05) is 4.47 Å². The number of sulfonamides is 1. The number of hydrazone groups is 1. The van der Waals surface area contributed by atoms with Gasteiger partial charge in [0.15, 0.2) is 6.61 Å². The number of carbonyl (C=O) groups is 2. The summed E-state index contributed by atoms with van der Waals surface area (Å²) in [5.41, 5.74) is 4.27. The van der Waals surface area contributed by atoms with Crippen molar-refractivity contribution in [1.82, 2.24) is 10.7 Å². The van der Waals surface area contributed by atoms with E-state index < -0.39 is 22.5 Å². The quantitative estimate of drug-likeness (QED) is 0.175. The Morgan fingerprint density at radius 2 is 1.68 bits per heavy atom. The average molecular weight is 640 g/mol. The largest absolute Gasteiger partial charge is 0.484 e. The summed E-state index contributed by atoms with van der Waals surface area (Å²) < 4.78 is 39.3. The van der Waals surface area contributed by atoms with E-state index in [9.17, 15) is 18.0 Å². The fraction of sp³-hybridized carbons (Fsp3) is 0.138. The molecule has 0 aliphatic heterocycles. The number of rotatable bonds is 12. The molecule has 0 bridgehead atoms. The number of aryl methyl sites for hydroxylation is 1. The van der Waals surface area contributed by atoms with E-state index >= 15 is 0 Å². The highest BCUT2D eigenvalue weighted by atomic mass is 79.9. The number of halogens is 1. The zero-order valence-corrected chi connectivity index (χ0v) is 24.4. The van der Waals surface area contributed by atoms with Crippen LogP contribution in [0.4, 0.5) is 5.69 Å². The topological polar surface area (TPSA) is 130 Å². The average Bonchev–Trinajstić information content (AvgIpc) is 3.49. The lowest BCUT2D eigenvalue weighted by Gasteiger charge is -2.23. The summed E-state index contributed by atoms with van der Waals surface area (Å²) >= 11 is 3.34. The molecule has 10 nitrogen and oxygen atoms in total. The summed E-state index contributed by atoms with van der Waals surface area (Å²) in [4.78, 5) is 24.8. The van der Waals surface area contributed by atoms with Crippen molar-refractivity contribution in [2.75, 3.05) is 17.5 Å². The Morgan fingerprint density at radius 3 is 2.34 bits per heavy atom. The van der Waals surface area contributed by atoms with Gasteiger partial charge in [-0.1, -0.05) is 33.6 Å². The fourth-order valence-corrected chi connectivity index (χ4v) is 5.24. The van der Waals surface area contributed by atoms with Crippen LogP contribution in [0.5, 0.6) is 5.75 Å². The predicted molar refractivity (Wildman–Crippen MR) is 158 cm³/mol. The maximum absolute atomic E-state index is 13.4. The van der Waals surface area contributed by atoms with Crippen LogP contribution in [-0.4, -0.2) is 39.6 Å². The van der Waals surface area contributed by atoms with Crippen molar-refractivity contribution >= 4 is 49.7 Å². The van der Waals surface area contributed by atoms with Crippen molar-refractivity contribution in [2.45, 2.75) is 18.4 Å². The Labute approximate surface area is 246 Å². The molecule has 0 saturated heterocycles. The zero-order chi connectivity index (χ0) is 29.2. The van der Waals surface area contributed by atoms with Crippen molar-refractivity contribution in [3.8, 4) is 5.75 Å². The van der Waals surface area contributed by atoms with Crippen LogP contribution in [0, 0.1) is 6.92 Å². The Morgan fingerprint density at radius 1 is 0.976 bits per heavy atom. The number of anilines is 1. The minimum Gasteiger partial charge on any atom is -0.484 e. The van der Waals surface area contributed by atoms with Gasteiger partial charge in [0.2, 0.25) is 0 Å². The highest BCUT2D eigenvalue weighted by Crippen LogP contribution is 2.25. The second kappa shape index (κ2) is 13.8. The first kappa shape index (κ1) is 29.6. The molecule has 41 heavy (non-hydrogen) atoms. The van der Waals surface area contributed by atoms with E-state index in [1.165, 1.54) is 24.6 Å². The number of hydrogen-bond donors (Lipinski definition) is 2. The summed E-state index contributed by atoms with van der Waals surface area (Å²) in [7, 11) is -4.03. The van der Waals surface area contributed by atoms with E-state index in [2.05, 4.69) is 31.8 Å². The first-order valence-electron chi connectivity index (χ1n) is 12.4. The van der Waals surface area contributed by atoms with E-state index in [-0.39, 0.29) is 24.0 Å². The van der Waals surface area contributed by atoms with Crippen LogP contribution in [0.25, 0.3) is 0 Å². The lowest BCUT2D eigenvalue weighted by Crippen LogP contribution is -2.39. The number of amides is 2. The molecule has 2 amide bonds. The summed E-state index contributed by atoms with van der Waals surface area (Å²) in [6, 6.07) is 23.2. The second-order valence-corrected chi connectivity index (χ2v) is 11.6. The van der Waals surface area contributed by atoms with Gasteiger partial charge in [0.05, 0.1) is 29.6 Å². The molecule has 0 fully saturated rings. The Balaban J connectivity index is 1.33. The standard InChI is InChI=1S/C29H27BrN4O6S/c1-21-4-14-27(15-5-21)41(37,38)34(24-10-8-23(30)9-11-24)19-28(35)33-32-17-22-6-12-25(13-7-22)40-20-29(36)31-18-26-3-2-16-39-26/h2-17H,18-20H2,1H3,(H,31,36)(H,33,35)/b32-17-. The summed E-state index contributed by atoms with van der Waals surface area (Å²) in [5, 5.41) is 6.64. The summed E-state index contributed by atoms with van der Waals surface area (Å²) in [6.07, 6.45) is 2.94. The molecule has 0 unspecified atom stereocenters. The molecule has 1 aromatic heterocycles. The molecular formula is C29H27BrN4O6S. The predicted octanol–water partition coefficient (Wildman–Crippen LogP) is 4.39. The molecule has 0 aliphatic rings. The van der Waals surface area contributed by atoms with Gasteiger partial charge in [-0.05, 0) is 85.3 Å². The Bertz CT molecular complexity index is 1590. The van der Waals surface area contributed by atoms with Gasteiger partial charge in [-0.3, -0.25) is 13.9 Å². The molecule has 0 saturated carbocycles. The molecule has 4 rings (SSSR count). The number of nitrogens with one attached hydrogen (secondary N) is 2. The maximum Gasteiger partial charge on any atom is 0.264 e. The van der Waals surface area contributed by atoms with E-state index in [0.717, 1.165) is 14.3 Å². The number of nitrogens with zero attached hydrogens (tertiary/aromatic N) is 2. The minimum absolute atomic E-state index is 0.0691. The van der Waals surface area contributed by atoms with E-state index in [1.807, 2.05) is 6.92 Å². The van der Waals surface area contributed by atoms with Gasteiger partial charge < -0.3 is 14.5 Å². The van der Waals surface area contributed by atoms with Gasteiger partial charge in [0.25, 0.3) is 21.8 Å². The van der Waals surface area contributed by atoms with Crippen molar-refractivity contribution in [3.05, 3.63) is 113 Å². The van der Waals surface area contributed by atoms with Crippen LogP contribution in [0.15, 0.2) is 110 Å². The molecule has 212 valence electrons. The van der Waals surface area contributed by atoms with Gasteiger partial charge >= 0.3 is 0 Å². The van der Waals surface area contributed by atoms with Crippen LogP contribution in [-0.2, 0) is 26.2 Å². The lowest BCUT2D eigenvalue weighted by atomic mass is 10.2. The highest BCUT2D eigenvalue weighted by molar-refractivity contribution is 9.10. The highest BCUT2D eigenvalue weighted by Gasteiger charge is 2.27. The molecule has 0 aliphatic carbocycles. The molecule has 12 heteroatoms.